The van der Waals surface area contributed by atoms with Crippen molar-refractivity contribution in [3.63, 3.8) is 0 Å². The first-order chi connectivity index (χ1) is 8.08. The van der Waals surface area contributed by atoms with Gasteiger partial charge in [0.05, 0.1) is 6.26 Å². The summed E-state index contributed by atoms with van der Waals surface area (Å²) in [5.41, 5.74) is 0.865. The second-order valence-electron chi connectivity index (χ2n) is 3.77. The van der Waals surface area contributed by atoms with Gasteiger partial charge in [0.15, 0.2) is 5.76 Å². The molecule has 0 aliphatic carbocycles. The van der Waals surface area contributed by atoms with Crippen molar-refractivity contribution < 1.29 is 18.0 Å². The van der Waals surface area contributed by atoms with Gasteiger partial charge in [-0.1, -0.05) is 6.07 Å². The molecule has 0 saturated carbocycles. The lowest BCUT2D eigenvalue weighted by Crippen LogP contribution is -2.05. The van der Waals surface area contributed by atoms with Crippen LogP contribution in [0.15, 0.2) is 34.9 Å². The predicted octanol–water partition coefficient (Wildman–Crippen LogP) is 3.29. The Morgan fingerprint density at radius 3 is 2.65 bits per heavy atom. The van der Waals surface area contributed by atoms with Gasteiger partial charge >= 0.3 is 0 Å². The van der Waals surface area contributed by atoms with E-state index in [-0.39, 0.29) is 23.5 Å². The van der Waals surface area contributed by atoms with Crippen LogP contribution in [0.1, 0.15) is 21.7 Å². The van der Waals surface area contributed by atoms with Crippen LogP contribution in [-0.4, -0.2) is 5.78 Å². The van der Waals surface area contributed by atoms with E-state index >= 15 is 0 Å². The van der Waals surface area contributed by atoms with Crippen molar-refractivity contribution in [2.24, 2.45) is 0 Å². The van der Waals surface area contributed by atoms with Crippen LogP contribution in [0.3, 0.4) is 0 Å². The fourth-order valence-corrected chi connectivity index (χ4v) is 1.58. The number of rotatable bonds is 3. The average Bonchev–Trinajstić information content (AvgIpc) is 2.68. The molecule has 1 aromatic heterocycles. The molecule has 17 heavy (non-hydrogen) atoms. The average molecular weight is 236 g/mol. The summed E-state index contributed by atoms with van der Waals surface area (Å²) in [6, 6.07) is 4.81. The van der Waals surface area contributed by atoms with E-state index < -0.39 is 11.6 Å². The van der Waals surface area contributed by atoms with Gasteiger partial charge in [-0.2, -0.15) is 0 Å². The topological polar surface area (TPSA) is 30.2 Å². The van der Waals surface area contributed by atoms with Crippen molar-refractivity contribution >= 4 is 5.78 Å². The number of ketones is 1. The minimum atomic E-state index is -0.720. The van der Waals surface area contributed by atoms with E-state index in [9.17, 15) is 13.6 Å². The maximum atomic E-state index is 13.3. The largest absolute Gasteiger partial charge is 0.461 e. The molecule has 0 aliphatic heterocycles. The van der Waals surface area contributed by atoms with Gasteiger partial charge in [-0.3, -0.25) is 4.79 Å². The number of halogens is 2. The normalized spacial score (nSPS) is 10.5. The van der Waals surface area contributed by atoms with E-state index in [0.29, 0.717) is 5.56 Å². The number of benzene rings is 1. The smallest absolute Gasteiger partial charge is 0.202 e. The lowest BCUT2D eigenvalue weighted by atomic mass is 10.1. The van der Waals surface area contributed by atoms with E-state index in [1.807, 2.05) is 0 Å². The molecule has 1 heterocycles. The van der Waals surface area contributed by atoms with Crippen molar-refractivity contribution in [3.8, 4) is 0 Å². The minimum Gasteiger partial charge on any atom is -0.461 e. The van der Waals surface area contributed by atoms with E-state index in [4.69, 9.17) is 4.42 Å². The van der Waals surface area contributed by atoms with Crippen molar-refractivity contribution in [1.82, 2.24) is 0 Å². The van der Waals surface area contributed by atoms with Crippen LogP contribution < -0.4 is 0 Å². The van der Waals surface area contributed by atoms with Crippen LogP contribution in [0, 0.1) is 18.6 Å². The number of aryl methyl sites for hydroxylation is 1. The highest BCUT2D eigenvalue weighted by atomic mass is 19.1. The van der Waals surface area contributed by atoms with Gasteiger partial charge in [0.25, 0.3) is 0 Å². The first-order valence-electron chi connectivity index (χ1n) is 5.09. The maximum absolute atomic E-state index is 13.3. The summed E-state index contributed by atoms with van der Waals surface area (Å²) in [4.78, 5) is 11.8. The van der Waals surface area contributed by atoms with E-state index in [1.165, 1.54) is 12.3 Å². The number of furan rings is 1. The van der Waals surface area contributed by atoms with E-state index in [0.717, 1.165) is 12.1 Å². The van der Waals surface area contributed by atoms with Crippen molar-refractivity contribution in [3.05, 3.63) is 59.1 Å². The molecule has 0 spiro atoms. The molecule has 88 valence electrons. The third kappa shape index (κ3) is 2.41. The number of hydrogen-bond acceptors (Lipinski definition) is 2. The Hall–Kier alpha value is -1.97. The highest BCUT2D eigenvalue weighted by molar-refractivity contribution is 5.96. The molecule has 0 aliphatic rings. The molecule has 0 fully saturated rings. The predicted molar refractivity (Wildman–Crippen MR) is 57.8 cm³/mol. The molecule has 2 rings (SSSR count). The molecular weight excluding hydrogens is 226 g/mol. The first kappa shape index (κ1) is 11.5. The van der Waals surface area contributed by atoms with Gasteiger partial charge in [-0.25, -0.2) is 8.78 Å². The molecule has 0 N–H and O–H groups in total. The third-order valence-corrected chi connectivity index (χ3v) is 2.48. The molecule has 2 aromatic rings. The second-order valence-corrected chi connectivity index (χ2v) is 3.77. The monoisotopic (exact) mass is 236 g/mol. The highest BCUT2D eigenvalue weighted by Crippen LogP contribution is 2.15. The van der Waals surface area contributed by atoms with Crippen LogP contribution in [0.25, 0.3) is 0 Å². The lowest BCUT2D eigenvalue weighted by Gasteiger charge is -2.02. The summed E-state index contributed by atoms with van der Waals surface area (Å²) < 4.78 is 31.0. The van der Waals surface area contributed by atoms with Gasteiger partial charge in [-0.05, 0) is 30.2 Å². The van der Waals surface area contributed by atoms with E-state index in [1.54, 1.807) is 13.0 Å². The Labute approximate surface area is 96.9 Å². The molecule has 0 unspecified atom stereocenters. The second kappa shape index (κ2) is 4.49. The van der Waals surface area contributed by atoms with Gasteiger partial charge in [0.1, 0.15) is 11.6 Å². The Kier molecular flexibility index (Phi) is 3.04. The quantitative estimate of drug-likeness (QED) is 0.765. The number of Topliss-reactive ketones (excluding diaryl/α,β-unsaturated/α-hetero) is 1. The standard InChI is InChI=1S/C13H10F2O2/c1-8-4-5-17-13(8)12(16)6-9-2-3-10(14)7-11(9)15/h2-5,7H,6H2,1H3. The zero-order chi connectivity index (χ0) is 12.4. The van der Waals surface area contributed by atoms with Gasteiger partial charge in [-0.15, -0.1) is 0 Å². The van der Waals surface area contributed by atoms with Crippen LogP contribution in [0.2, 0.25) is 0 Å². The van der Waals surface area contributed by atoms with Crippen molar-refractivity contribution in [2.45, 2.75) is 13.3 Å². The van der Waals surface area contributed by atoms with Crippen LogP contribution in [0.4, 0.5) is 8.78 Å². The molecule has 0 atom stereocenters. The van der Waals surface area contributed by atoms with Crippen molar-refractivity contribution in [1.29, 1.82) is 0 Å². The zero-order valence-electron chi connectivity index (χ0n) is 9.17. The van der Waals surface area contributed by atoms with Crippen LogP contribution in [-0.2, 0) is 6.42 Å². The summed E-state index contributed by atoms with van der Waals surface area (Å²) in [7, 11) is 0. The molecule has 0 saturated heterocycles. The molecule has 0 amide bonds. The Morgan fingerprint density at radius 2 is 2.06 bits per heavy atom. The van der Waals surface area contributed by atoms with Gasteiger partial charge in [0.2, 0.25) is 5.78 Å². The minimum absolute atomic E-state index is 0.138. The molecule has 0 bridgehead atoms. The van der Waals surface area contributed by atoms with Crippen LogP contribution >= 0.6 is 0 Å². The SMILES string of the molecule is Cc1ccoc1C(=O)Cc1ccc(F)cc1F. The summed E-state index contributed by atoms with van der Waals surface area (Å²) in [6.07, 6.45) is 1.27. The fraction of sp³-hybridized carbons (Fsp3) is 0.154. The summed E-state index contributed by atoms with van der Waals surface area (Å²) in [5.74, 6) is -1.48. The molecule has 4 heteroatoms. The van der Waals surface area contributed by atoms with Gasteiger partial charge in [0, 0.05) is 12.5 Å². The highest BCUT2D eigenvalue weighted by Gasteiger charge is 2.15. The Balaban J connectivity index is 2.22. The fourth-order valence-electron chi connectivity index (χ4n) is 1.58. The zero-order valence-corrected chi connectivity index (χ0v) is 9.17. The van der Waals surface area contributed by atoms with Crippen molar-refractivity contribution in [2.75, 3.05) is 0 Å². The van der Waals surface area contributed by atoms with E-state index in [2.05, 4.69) is 0 Å². The Morgan fingerprint density at radius 1 is 1.29 bits per heavy atom. The van der Waals surface area contributed by atoms with Gasteiger partial charge < -0.3 is 4.42 Å². The summed E-state index contributed by atoms with van der Waals surface area (Å²) in [5, 5.41) is 0. The first-order valence-corrected chi connectivity index (χ1v) is 5.09. The molecule has 0 radical (unpaired) electrons. The number of carbonyl (C=O) groups excluding carboxylic acids is 1. The molecule has 1 aromatic carbocycles. The van der Waals surface area contributed by atoms with Crippen LogP contribution in [0.5, 0.6) is 0 Å². The molecular formula is C13H10F2O2. The Bertz CT molecular complexity index is 558. The molecule has 2 nitrogen and oxygen atoms in total. The number of hydrogen-bond donors (Lipinski definition) is 0. The summed E-state index contributed by atoms with van der Waals surface area (Å²) >= 11 is 0. The number of carbonyl (C=O) groups is 1. The maximum Gasteiger partial charge on any atom is 0.202 e. The lowest BCUT2D eigenvalue weighted by molar-refractivity contribution is 0.0964. The summed E-state index contributed by atoms with van der Waals surface area (Å²) in [6.45, 7) is 1.73. The third-order valence-electron chi connectivity index (χ3n) is 2.48.